The van der Waals surface area contributed by atoms with Crippen LogP contribution >= 0.6 is 11.6 Å². The molecule has 34 heavy (non-hydrogen) atoms. The molecular formula is C23H19ClN2O7S. The molecule has 11 heteroatoms. The molecule has 0 radical (unpaired) electrons. The summed E-state index contributed by atoms with van der Waals surface area (Å²) in [6, 6.07) is 13.5. The Bertz CT molecular complexity index is 1360. The van der Waals surface area contributed by atoms with Crippen molar-refractivity contribution in [2.24, 2.45) is 0 Å². The number of ether oxygens (including phenoxy) is 1. The first-order chi connectivity index (χ1) is 16.3. The summed E-state index contributed by atoms with van der Waals surface area (Å²) in [5, 5.41) is 11.0. The van der Waals surface area contributed by atoms with Crippen LogP contribution in [0.2, 0.25) is 5.02 Å². The largest absolute Gasteiger partial charge is 0.457 e. The number of allylic oxidation sites excluding steroid dienone is 1. The van der Waals surface area contributed by atoms with Crippen molar-refractivity contribution in [1.29, 1.82) is 0 Å². The van der Waals surface area contributed by atoms with Crippen molar-refractivity contribution in [1.82, 2.24) is 4.31 Å². The molecule has 0 amide bonds. The molecule has 0 spiro atoms. The van der Waals surface area contributed by atoms with Crippen molar-refractivity contribution in [3.8, 4) is 11.3 Å². The summed E-state index contributed by atoms with van der Waals surface area (Å²) in [4.78, 5) is 22.9. The second-order valence-corrected chi connectivity index (χ2v) is 9.71. The third-order valence-corrected chi connectivity index (χ3v) is 7.43. The predicted octanol–water partition coefficient (Wildman–Crippen LogP) is 4.43. The third kappa shape index (κ3) is 5.10. The van der Waals surface area contributed by atoms with Crippen molar-refractivity contribution in [3.63, 3.8) is 0 Å². The fraction of sp³-hybridized carbons (Fsp3) is 0.174. The van der Waals surface area contributed by atoms with Gasteiger partial charge in [0.15, 0.2) is 5.78 Å². The molecule has 9 nitrogen and oxygen atoms in total. The number of ketones is 1. The normalized spacial score (nSPS) is 15.0. The number of rotatable bonds is 7. The lowest BCUT2D eigenvalue weighted by atomic mass is 10.1. The Morgan fingerprint density at radius 3 is 2.44 bits per heavy atom. The lowest BCUT2D eigenvalue weighted by Crippen LogP contribution is -2.40. The lowest BCUT2D eigenvalue weighted by Gasteiger charge is -2.26. The summed E-state index contributed by atoms with van der Waals surface area (Å²) in [5.74, 6) is 0.428. The van der Waals surface area contributed by atoms with Crippen LogP contribution in [0, 0.1) is 10.1 Å². The number of furan rings is 1. The van der Waals surface area contributed by atoms with E-state index in [1.54, 1.807) is 24.3 Å². The number of carbonyl (C=O) groups excluding carboxylic acids is 1. The molecule has 4 rings (SSSR count). The predicted molar refractivity (Wildman–Crippen MR) is 125 cm³/mol. The van der Waals surface area contributed by atoms with Gasteiger partial charge < -0.3 is 9.15 Å². The van der Waals surface area contributed by atoms with Crippen LogP contribution in [0.4, 0.5) is 5.69 Å². The van der Waals surface area contributed by atoms with Gasteiger partial charge in [0, 0.05) is 30.3 Å². The number of nitrogens with zero attached hydrogens (tertiary/aromatic N) is 2. The zero-order valence-electron chi connectivity index (χ0n) is 17.7. The number of nitro benzene ring substituents is 1. The van der Waals surface area contributed by atoms with Crippen LogP contribution in [0.1, 0.15) is 16.1 Å². The highest BCUT2D eigenvalue weighted by Crippen LogP contribution is 2.27. The molecule has 0 saturated carbocycles. The van der Waals surface area contributed by atoms with Gasteiger partial charge in [0.25, 0.3) is 5.69 Å². The summed E-state index contributed by atoms with van der Waals surface area (Å²) in [5.41, 5.74) is 0.441. The van der Waals surface area contributed by atoms with Crippen molar-refractivity contribution in [3.05, 3.63) is 87.1 Å². The Morgan fingerprint density at radius 2 is 1.76 bits per heavy atom. The minimum absolute atomic E-state index is 0.0510. The number of morpholine rings is 1. The molecule has 1 aliphatic rings. The second kappa shape index (κ2) is 9.90. The fourth-order valence-electron chi connectivity index (χ4n) is 3.38. The number of carbonyl (C=O) groups is 1. The number of halogens is 1. The van der Waals surface area contributed by atoms with E-state index in [4.69, 9.17) is 20.8 Å². The standard InChI is InChI=1S/C23H19ClN2O7S/c24-20-8-3-17(15-21(20)26(28)29)22(27)9-4-18-5-10-23(33-18)16-1-6-19(7-2-16)34(30,31)25-11-13-32-14-12-25/h1-10,15H,11-14H2/b9-4+. The van der Waals surface area contributed by atoms with E-state index in [0.717, 1.165) is 6.07 Å². The average Bonchev–Trinajstić information content (AvgIpc) is 3.32. The van der Waals surface area contributed by atoms with Crippen molar-refractivity contribution in [2.75, 3.05) is 26.3 Å². The molecule has 0 bridgehead atoms. The van der Waals surface area contributed by atoms with Crippen LogP contribution < -0.4 is 0 Å². The van der Waals surface area contributed by atoms with E-state index in [2.05, 4.69) is 0 Å². The maximum absolute atomic E-state index is 12.7. The highest BCUT2D eigenvalue weighted by Gasteiger charge is 2.26. The molecule has 0 unspecified atom stereocenters. The highest BCUT2D eigenvalue weighted by atomic mass is 35.5. The Balaban J connectivity index is 1.47. The second-order valence-electron chi connectivity index (χ2n) is 7.36. The summed E-state index contributed by atoms with van der Waals surface area (Å²) in [6.07, 6.45) is 2.69. The van der Waals surface area contributed by atoms with E-state index in [-0.39, 0.29) is 21.2 Å². The van der Waals surface area contributed by atoms with Crippen LogP contribution in [-0.4, -0.2) is 49.7 Å². The molecule has 1 aliphatic heterocycles. The van der Waals surface area contributed by atoms with Crippen LogP contribution in [0.25, 0.3) is 17.4 Å². The molecule has 1 saturated heterocycles. The number of hydrogen-bond donors (Lipinski definition) is 0. The van der Waals surface area contributed by atoms with Crippen LogP contribution in [0.15, 0.2) is 70.0 Å². The van der Waals surface area contributed by atoms with Crippen LogP contribution in [-0.2, 0) is 14.8 Å². The van der Waals surface area contributed by atoms with Crippen molar-refractivity contribution >= 4 is 39.2 Å². The maximum atomic E-state index is 12.7. The molecule has 1 aromatic heterocycles. The minimum atomic E-state index is -3.59. The van der Waals surface area contributed by atoms with Gasteiger partial charge in [-0.3, -0.25) is 14.9 Å². The molecule has 0 N–H and O–H groups in total. The monoisotopic (exact) mass is 502 g/mol. The van der Waals surface area contributed by atoms with Gasteiger partial charge in [0.05, 0.1) is 23.0 Å². The van der Waals surface area contributed by atoms with Crippen LogP contribution in [0.3, 0.4) is 0 Å². The Morgan fingerprint density at radius 1 is 1.06 bits per heavy atom. The van der Waals surface area contributed by atoms with Gasteiger partial charge in [-0.1, -0.05) is 11.6 Å². The Hall–Kier alpha value is -3.31. The van der Waals surface area contributed by atoms with E-state index in [1.807, 2.05) is 0 Å². The molecule has 1 fully saturated rings. The quantitative estimate of drug-likeness (QED) is 0.203. The molecule has 3 aromatic rings. The SMILES string of the molecule is O=C(/C=C/c1ccc(-c2ccc(S(=O)(=O)N3CCOCC3)cc2)o1)c1ccc(Cl)c([N+](=O)[O-])c1. The molecule has 176 valence electrons. The van der Waals surface area contributed by atoms with E-state index >= 15 is 0 Å². The maximum Gasteiger partial charge on any atom is 0.288 e. The zero-order chi connectivity index (χ0) is 24.3. The molecule has 0 aliphatic carbocycles. The van der Waals surface area contributed by atoms with Crippen molar-refractivity contribution in [2.45, 2.75) is 4.90 Å². The summed E-state index contributed by atoms with van der Waals surface area (Å²) < 4.78 is 37.8. The van der Waals surface area contributed by atoms with Gasteiger partial charge >= 0.3 is 0 Å². The Kier molecular flexibility index (Phi) is 6.94. The van der Waals surface area contributed by atoms with E-state index in [1.165, 1.54) is 40.7 Å². The summed E-state index contributed by atoms with van der Waals surface area (Å²) in [7, 11) is -3.59. The highest BCUT2D eigenvalue weighted by molar-refractivity contribution is 7.89. The smallest absolute Gasteiger partial charge is 0.288 e. The number of nitro groups is 1. The van der Waals surface area contributed by atoms with E-state index < -0.39 is 20.7 Å². The van der Waals surface area contributed by atoms with Gasteiger partial charge in [-0.15, -0.1) is 0 Å². The first-order valence-electron chi connectivity index (χ1n) is 10.2. The van der Waals surface area contributed by atoms with Gasteiger partial charge in [-0.25, -0.2) is 8.42 Å². The number of benzene rings is 2. The minimum Gasteiger partial charge on any atom is -0.457 e. The molecule has 2 aromatic carbocycles. The first-order valence-corrected chi connectivity index (χ1v) is 12.0. The van der Waals surface area contributed by atoms with Crippen molar-refractivity contribution < 1.29 is 27.3 Å². The van der Waals surface area contributed by atoms with E-state index in [9.17, 15) is 23.3 Å². The lowest BCUT2D eigenvalue weighted by molar-refractivity contribution is -0.384. The van der Waals surface area contributed by atoms with Gasteiger partial charge in [0.1, 0.15) is 16.5 Å². The van der Waals surface area contributed by atoms with E-state index in [0.29, 0.717) is 43.4 Å². The summed E-state index contributed by atoms with van der Waals surface area (Å²) in [6.45, 7) is 1.38. The Labute approximate surface area is 200 Å². The summed E-state index contributed by atoms with van der Waals surface area (Å²) >= 11 is 5.78. The van der Waals surface area contributed by atoms with Gasteiger partial charge in [0.2, 0.25) is 10.0 Å². The third-order valence-electron chi connectivity index (χ3n) is 5.20. The molecule has 2 heterocycles. The number of hydrogen-bond acceptors (Lipinski definition) is 7. The molecule has 0 atom stereocenters. The topological polar surface area (TPSA) is 120 Å². The van der Waals surface area contributed by atoms with Crippen LogP contribution in [0.5, 0.6) is 0 Å². The first kappa shape index (κ1) is 23.8. The zero-order valence-corrected chi connectivity index (χ0v) is 19.3. The fourth-order valence-corrected chi connectivity index (χ4v) is 4.98. The number of sulfonamides is 1. The van der Waals surface area contributed by atoms with Gasteiger partial charge in [-0.05, 0) is 60.7 Å². The van der Waals surface area contributed by atoms with Gasteiger partial charge in [-0.2, -0.15) is 4.31 Å². The molecular weight excluding hydrogens is 484 g/mol. The average molecular weight is 503 g/mol.